The zero-order chi connectivity index (χ0) is 24.3. The molecular weight excluding hydrogens is 444 g/mol. The Balaban J connectivity index is 1.21. The highest BCUT2D eigenvalue weighted by Crippen LogP contribution is 2.37. The summed E-state index contributed by atoms with van der Waals surface area (Å²) in [6.07, 6.45) is 12.0. The van der Waals surface area contributed by atoms with E-state index in [2.05, 4.69) is 33.3 Å². The Morgan fingerprint density at radius 2 is 1.57 bits per heavy atom. The molecule has 2 saturated heterocycles. The number of rotatable bonds is 7. The van der Waals surface area contributed by atoms with E-state index in [1.54, 1.807) is 0 Å². The Bertz CT molecular complexity index is 1040. The number of allylic oxidation sites excluding steroid dienone is 4. The summed E-state index contributed by atoms with van der Waals surface area (Å²) in [7, 11) is 0. The molecular formula is C29H33F2N3O. The van der Waals surface area contributed by atoms with Crippen molar-refractivity contribution in [2.75, 3.05) is 26.3 Å². The summed E-state index contributed by atoms with van der Waals surface area (Å²) in [6, 6.07) is 13.3. The fraction of sp³-hybridized carbons (Fsp3) is 0.414. The average Bonchev–Trinajstić information content (AvgIpc) is 3.20. The zero-order valence-electron chi connectivity index (χ0n) is 20.1. The molecule has 3 aliphatic rings. The highest BCUT2D eigenvalue weighted by molar-refractivity contribution is 5.88. The maximum Gasteiger partial charge on any atom is 0.247 e. The number of nitrogens with one attached hydrogen (secondary N) is 1. The Morgan fingerprint density at radius 3 is 2.14 bits per heavy atom. The maximum atomic E-state index is 13.5. The largest absolute Gasteiger partial charge is 0.343 e. The average molecular weight is 478 g/mol. The van der Waals surface area contributed by atoms with Gasteiger partial charge >= 0.3 is 0 Å². The van der Waals surface area contributed by atoms with E-state index in [0.29, 0.717) is 6.67 Å². The molecule has 184 valence electrons. The molecule has 2 aromatic rings. The van der Waals surface area contributed by atoms with Crippen LogP contribution in [0.1, 0.15) is 55.6 Å². The van der Waals surface area contributed by atoms with Gasteiger partial charge in [-0.15, -0.1) is 0 Å². The molecule has 0 saturated carbocycles. The fourth-order valence-electron chi connectivity index (χ4n) is 5.86. The number of hydrogen-bond acceptors (Lipinski definition) is 3. The highest BCUT2D eigenvalue weighted by Gasteiger charge is 2.50. The first-order valence-electron chi connectivity index (χ1n) is 12.7. The molecule has 1 aliphatic carbocycles. The van der Waals surface area contributed by atoms with Crippen LogP contribution in [0.15, 0.2) is 72.5 Å². The number of nitrogens with zero attached hydrogens (tertiary/aromatic N) is 2. The lowest BCUT2D eigenvalue weighted by atomic mass is 9.84. The van der Waals surface area contributed by atoms with Gasteiger partial charge in [0, 0.05) is 24.7 Å². The van der Waals surface area contributed by atoms with E-state index in [9.17, 15) is 13.6 Å². The number of amides is 1. The Morgan fingerprint density at radius 1 is 0.943 bits per heavy atom. The molecule has 6 heteroatoms. The van der Waals surface area contributed by atoms with Crippen molar-refractivity contribution in [3.63, 3.8) is 0 Å². The van der Waals surface area contributed by atoms with E-state index in [-0.39, 0.29) is 23.5 Å². The number of benzene rings is 2. The van der Waals surface area contributed by atoms with Crippen LogP contribution in [0.2, 0.25) is 0 Å². The highest BCUT2D eigenvalue weighted by atomic mass is 19.1. The standard InChI is InChI=1S/C29H33F2N3O/c30-24-12-8-22(9-13-24)27(23-10-14-25(31)15-11-23)7-4-18-33-19-16-29(17-20-33)28(35)32-21-34(29)26-5-2-1-3-6-26/h1-2,5,8-15,27H,3-4,6-7,16-21H2,(H,32,35). The third-order valence-corrected chi connectivity index (χ3v) is 7.87. The molecule has 1 amide bonds. The second kappa shape index (κ2) is 10.3. The number of carbonyl (C=O) groups is 1. The number of likely N-dealkylation sites (tertiary alicyclic amines) is 1. The summed E-state index contributed by atoms with van der Waals surface area (Å²) < 4.78 is 27.0. The predicted octanol–water partition coefficient (Wildman–Crippen LogP) is 5.33. The molecule has 0 aromatic heterocycles. The molecule has 4 nitrogen and oxygen atoms in total. The normalized spacial score (nSPS) is 19.9. The Hall–Kier alpha value is -2.99. The molecule has 0 bridgehead atoms. The first kappa shape index (κ1) is 23.7. The Labute approximate surface area is 206 Å². The minimum absolute atomic E-state index is 0.0923. The van der Waals surface area contributed by atoms with Crippen LogP contribution in [0.5, 0.6) is 0 Å². The number of halogens is 2. The summed E-state index contributed by atoms with van der Waals surface area (Å²) in [5.41, 5.74) is 2.94. The minimum Gasteiger partial charge on any atom is -0.343 e. The van der Waals surface area contributed by atoms with Crippen LogP contribution < -0.4 is 5.32 Å². The van der Waals surface area contributed by atoms with Crippen molar-refractivity contribution < 1.29 is 13.6 Å². The van der Waals surface area contributed by atoms with E-state index in [4.69, 9.17) is 0 Å². The van der Waals surface area contributed by atoms with Gasteiger partial charge in [0.1, 0.15) is 17.2 Å². The molecule has 1 spiro atoms. The van der Waals surface area contributed by atoms with Gasteiger partial charge in [0.2, 0.25) is 5.91 Å². The van der Waals surface area contributed by atoms with E-state index >= 15 is 0 Å². The summed E-state index contributed by atoms with van der Waals surface area (Å²) in [5, 5.41) is 3.09. The first-order chi connectivity index (χ1) is 17.0. The van der Waals surface area contributed by atoms with Gasteiger partial charge in [-0.25, -0.2) is 8.78 Å². The van der Waals surface area contributed by atoms with Gasteiger partial charge < -0.3 is 15.1 Å². The number of piperidine rings is 1. The van der Waals surface area contributed by atoms with E-state index in [1.165, 1.54) is 30.0 Å². The van der Waals surface area contributed by atoms with Crippen LogP contribution in [0.3, 0.4) is 0 Å². The van der Waals surface area contributed by atoms with Crippen molar-refractivity contribution >= 4 is 5.91 Å². The van der Waals surface area contributed by atoms with Gasteiger partial charge in [-0.3, -0.25) is 4.79 Å². The van der Waals surface area contributed by atoms with Crippen molar-refractivity contribution in [2.45, 2.75) is 50.0 Å². The lowest BCUT2D eigenvalue weighted by Crippen LogP contribution is -2.55. The van der Waals surface area contributed by atoms with Gasteiger partial charge in [0.15, 0.2) is 0 Å². The van der Waals surface area contributed by atoms with E-state index in [1.807, 2.05) is 24.3 Å². The van der Waals surface area contributed by atoms with Crippen molar-refractivity contribution in [3.05, 3.63) is 95.2 Å². The van der Waals surface area contributed by atoms with Crippen LogP contribution in [0.25, 0.3) is 0 Å². The van der Waals surface area contributed by atoms with Gasteiger partial charge in [0.25, 0.3) is 0 Å². The lowest BCUT2D eigenvalue weighted by molar-refractivity contribution is -0.128. The minimum atomic E-state index is -0.418. The molecule has 1 N–H and O–H groups in total. The molecule has 0 atom stereocenters. The molecule has 2 fully saturated rings. The second-order valence-electron chi connectivity index (χ2n) is 9.89. The molecule has 2 aliphatic heterocycles. The number of hydrogen-bond donors (Lipinski definition) is 1. The first-order valence-corrected chi connectivity index (χ1v) is 12.7. The third kappa shape index (κ3) is 5.03. The molecule has 2 aromatic carbocycles. The van der Waals surface area contributed by atoms with Gasteiger partial charge in [-0.1, -0.05) is 36.4 Å². The SMILES string of the molecule is O=C1NCN(C2=CC=CCC2)C12CCN(CCCC(c1ccc(F)cc1)c1ccc(F)cc1)CC2. The van der Waals surface area contributed by atoms with Crippen molar-refractivity contribution in [2.24, 2.45) is 0 Å². The smallest absolute Gasteiger partial charge is 0.247 e. The molecule has 35 heavy (non-hydrogen) atoms. The monoisotopic (exact) mass is 477 g/mol. The lowest BCUT2D eigenvalue weighted by Gasteiger charge is -2.44. The topological polar surface area (TPSA) is 35.6 Å². The maximum absolute atomic E-state index is 13.5. The summed E-state index contributed by atoms with van der Waals surface area (Å²) in [4.78, 5) is 17.7. The van der Waals surface area contributed by atoms with Gasteiger partial charge in [0.05, 0.1) is 6.67 Å². The summed E-state index contributed by atoms with van der Waals surface area (Å²) >= 11 is 0. The quantitative estimate of drug-likeness (QED) is 0.585. The second-order valence-corrected chi connectivity index (χ2v) is 9.89. The van der Waals surface area contributed by atoms with Crippen molar-refractivity contribution in [3.8, 4) is 0 Å². The van der Waals surface area contributed by atoms with Crippen molar-refractivity contribution in [1.29, 1.82) is 0 Å². The molecule has 5 rings (SSSR count). The zero-order valence-corrected chi connectivity index (χ0v) is 20.1. The van der Waals surface area contributed by atoms with Crippen LogP contribution in [0.4, 0.5) is 8.78 Å². The van der Waals surface area contributed by atoms with Crippen LogP contribution in [-0.4, -0.2) is 47.5 Å². The molecule has 0 unspecified atom stereocenters. The third-order valence-electron chi connectivity index (χ3n) is 7.87. The Kier molecular flexibility index (Phi) is 7.00. The predicted molar refractivity (Wildman–Crippen MR) is 134 cm³/mol. The molecule has 0 radical (unpaired) electrons. The molecule has 2 heterocycles. The van der Waals surface area contributed by atoms with E-state index in [0.717, 1.165) is 69.3 Å². The van der Waals surface area contributed by atoms with Gasteiger partial charge in [-0.2, -0.15) is 0 Å². The van der Waals surface area contributed by atoms with Crippen LogP contribution >= 0.6 is 0 Å². The van der Waals surface area contributed by atoms with Gasteiger partial charge in [-0.05, 0) is 86.5 Å². The van der Waals surface area contributed by atoms with Crippen LogP contribution in [-0.2, 0) is 4.79 Å². The fourth-order valence-corrected chi connectivity index (χ4v) is 5.86. The van der Waals surface area contributed by atoms with Crippen LogP contribution in [0, 0.1) is 11.6 Å². The summed E-state index contributed by atoms with van der Waals surface area (Å²) in [5.74, 6) is -0.243. The van der Waals surface area contributed by atoms with E-state index < -0.39 is 5.54 Å². The summed E-state index contributed by atoms with van der Waals surface area (Å²) in [6.45, 7) is 3.34. The van der Waals surface area contributed by atoms with Crippen molar-refractivity contribution in [1.82, 2.24) is 15.1 Å². The number of carbonyl (C=O) groups excluding carboxylic acids is 1.